The van der Waals surface area contributed by atoms with E-state index < -0.39 is 97.5 Å². The highest BCUT2D eigenvalue weighted by molar-refractivity contribution is 7.47. The molecule has 0 amide bonds. The predicted molar refractivity (Wildman–Crippen MR) is 418 cm³/mol. The van der Waals surface area contributed by atoms with Gasteiger partial charge in [-0.3, -0.25) is 37.3 Å². The van der Waals surface area contributed by atoms with Gasteiger partial charge in [-0.05, 0) is 31.6 Å². The quantitative estimate of drug-likeness (QED) is 0.0222. The third kappa shape index (κ3) is 76.3. The molecule has 0 saturated heterocycles. The van der Waals surface area contributed by atoms with Gasteiger partial charge in [-0.15, -0.1) is 0 Å². The van der Waals surface area contributed by atoms with E-state index in [9.17, 15) is 43.2 Å². The Labute approximate surface area is 626 Å². The van der Waals surface area contributed by atoms with Crippen LogP contribution in [-0.4, -0.2) is 96.7 Å². The number of unbranched alkanes of at least 4 members (excludes halogenated alkanes) is 55. The van der Waals surface area contributed by atoms with Crippen molar-refractivity contribution in [3.63, 3.8) is 0 Å². The number of aliphatic hydroxyl groups is 1. The van der Waals surface area contributed by atoms with Crippen molar-refractivity contribution in [1.82, 2.24) is 0 Å². The number of phosphoric ester groups is 2. The Kier molecular flexibility index (Phi) is 74.4. The minimum atomic E-state index is -4.96. The Bertz CT molecular complexity index is 1940. The molecular weight excluding hydrogens is 1330 g/mol. The van der Waals surface area contributed by atoms with Crippen LogP contribution in [0.15, 0.2) is 0 Å². The molecule has 0 aliphatic carbocycles. The van der Waals surface area contributed by atoms with Gasteiger partial charge in [0.15, 0.2) is 12.2 Å². The van der Waals surface area contributed by atoms with Crippen molar-refractivity contribution in [1.29, 1.82) is 0 Å². The second-order valence-electron chi connectivity index (χ2n) is 30.3. The van der Waals surface area contributed by atoms with Gasteiger partial charge in [0, 0.05) is 25.7 Å². The molecule has 0 spiro atoms. The standard InChI is InChI=1S/C83H162O17P2/c1-6-9-12-15-18-21-23-25-27-28-29-30-31-37-41-45-49-54-59-64-69-83(88)100-79(73-94-81(86)67-62-57-52-47-43-39-36-33-32-35-38-42-46-50-55-60-65-76(4)5)75-98-102(91,92)96-71-77(84)70-95-101(89,90)97-74-78(72-93-80(85)66-61-56-51-20-17-14-11-8-3)99-82(87)68-63-58-53-48-44-40-34-26-24-22-19-16-13-10-7-2/h76-79,84H,6-75H2,1-5H3,(H,89,90)(H,91,92)/t77-,78+,79+/m0/s1. The van der Waals surface area contributed by atoms with Gasteiger partial charge in [0.1, 0.15) is 19.3 Å². The Hall–Kier alpha value is -1.94. The molecular formula is C83H162O17P2. The monoisotopic (exact) mass is 1490 g/mol. The number of hydrogen-bond acceptors (Lipinski definition) is 15. The first-order valence-electron chi connectivity index (χ1n) is 43.1. The van der Waals surface area contributed by atoms with Gasteiger partial charge >= 0.3 is 39.5 Å². The lowest BCUT2D eigenvalue weighted by Crippen LogP contribution is -2.30. The molecule has 19 heteroatoms. The fraction of sp³-hybridized carbons (Fsp3) is 0.952. The van der Waals surface area contributed by atoms with Crippen molar-refractivity contribution in [2.45, 2.75) is 464 Å². The summed E-state index contributed by atoms with van der Waals surface area (Å²) < 4.78 is 68.7. The maximum absolute atomic E-state index is 13.1. The highest BCUT2D eigenvalue weighted by Crippen LogP contribution is 2.45. The van der Waals surface area contributed by atoms with E-state index in [1.807, 2.05) is 0 Å². The number of carbonyl (C=O) groups excluding carboxylic acids is 4. The molecule has 0 aliphatic rings. The molecule has 0 aromatic carbocycles. The van der Waals surface area contributed by atoms with Crippen molar-refractivity contribution in [3.8, 4) is 0 Å². The number of aliphatic hydroxyl groups excluding tert-OH is 1. The maximum Gasteiger partial charge on any atom is 0.472 e. The zero-order chi connectivity index (χ0) is 74.8. The van der Waals surface area contributed by atoms with Crippen LogP contribution in [0.2, 0.25) is 0 Å². The summed E-state index contributed by atoms with van der Waals surface area (Å²) in [5, 5.41) is 10.6. The first-order valence-corrected chi connectivity index (χ1v) is 46.1. The summed E-state index contributed by atoms with van der Waals surface area (Å²) in [6.07, 6.45) is 68.1. The predicted octanol–water partition coefficient (Wildman–Crippen LogP) is 25.2. The fourth-order valence-electron chi connectivity index (χ4n) is 12.9. The molecule has 0 aromatic rings. The first-order chi connectivity index (χ1) is 49.5. The van der Waals surface area contributed by atoms with Crippen molar-refractivity contribution in [2.24, 2.45) is 5.92 Å². The van der Waals surface area contributed by atoms with Crippen LogP contribution in [0.1, 0.15) is 446 Å². The third-order valence-corrected chi connectivity index (χ3v) is 21.4. The summed E-state index contributed by atoms with van der Waals surface area (Å²) >= 11 is 0. The van der Waals surface area contributed by atoms with Gasteiger partial charge in [-0.2, -0.15) is 0 Å². The lowest BCUT2D eigenvalue weighted by Gasteiger charge is -2.21. The smallest absolute Gasteiger partial charge is 0.462 e. The minimum Gasteiger partial charge on any atom is -0.462 e. The topological polar surface area (TPSA) is 237 Å². The van der Waals surface area contributed by atoms with E-state index in [2.05, 4.69) is 34.6 Å². The van der Waals surface area contributed by atoms with Crippen LogP contribution in [-0.2, 0) is 65.4 Å². The van der Waals surface area contributed by atoms with E-state index in [1.165, 1.54) is 270 Å². The number of hydrogen-bond donors (Lipinski definition) is 3. The van der Waals surface area contributed by atoms with E-state index in [4.69, 9.17) is 37.0 Å². The van der Waals surface area contributed by atoms with Gasteiger partial charge in [0.25, 0.3) is 0 Å². The SMILES string of the molecule is CCCCCCCCCCCCCCCCCCCCCCC(=O)O[C@H](COC(=O)CCCCCCCCCCCCCCCCCCC(C)C)COP(=O)(O)OC[C@@H](O)COP(=O)(O)OC[C@@H](COC(=O)CCCCCCCCCC)OC(=O)CCCCCCCCCCCCCCCCC. The van der Waals surface area contributed by atoms with E-state index in [0.29, 0.717) is 25.7 Å². The first kappa shape index (κ1) is 100. The molecule has 17 nitrogen and oxygen atoms in total. The third-order valence-electron chi connectivity index (χ3n) is 19.5. The maximum atomic E-state index is 13.1. The zero-order valence-electron chi connectivity index (χ0n) is 66.8. The highest BCUT2D eigenvalue weighted by atomic mass is 31.2. The Morgan fingerprint density at radius 1 is 0.265 bits per heavy atom. The molecule has 0 radical (unpaired) electrons. The number of esters is 4. The molecule has 5 atom stereocenters. The van der Waals surface area contributed by atoms with Crippen LogP contribution in [0.4, 0.5) is 0 Å². The van der Waals surface area contributed by atoms with Crippen LogP contribution in [0.5, 0.6) is 0 Å². The van der Waals surface area contributed by atoms with Crippen molar-refractivity contribution in [3.05, 3.63) is 0 Å². The molecule has 606 valence electrons. The Morgan fingerprint density at radius 3 is 0.667 bits per heavy atom. The average molecular weight is 1490 g/mol. The van der Waals surface area contributed by atoms with Gasteiger partial charge in [0.2, 0.25) is 0 Å². The molecule has 3 N–H and O–H groups in total. The molecule has 0 rings (SSSR count). The Balaban J connectivity index is 5.19. The van der Waals surface area contributed by atoms with Crippen molar-refractivity contribution in [2.75, 3.05) is 39.6 Å². The van der Waals surface area contributed by atoms with E-state index >= 15 is 0 Å². The summed E-state index contributed by atoms with van der Waals surface area (Å²) in [6, 6.07) is 0. The van der Waals surface area contributed by atoms with Gasteiger partial charge in [-0.25, -0.2) is 9.13 Å². The molecule has 102 heavy (non-hydrogen) atoms. The van der Waals surface area contributed by atoms with Gasteiger partial charge in [0.05, 0.1) is 26.4 Å². The summed E-state index contributed by atoms with van der Waals surface area (Å²) in [4.78, 5) is 73.0. The van der Waals surface area contributed by atoms with E-state index in [0.717, 1.165) is 95.8 Å². The fourth-order valence-corrected chi connectivity index (χ4v) is 14.5. The molecule has 0 heterocycles. The summed E-state index contributed by atoms with van der Waals surface area (Å²) in [5.74, 6) is -1.29. The highest BCUT2D eigenvalue weighted by Gasteiger charge is 2.30. The molecule has 0 bridgehead atoms. The number of carbonyl (C=O) groups is 4. The zero-order valence-corrected chi connectivity index (χ0v) is 68.5. The van der Waals surface area contributed by atoms with E-state index in [1.54, 1.807) is 0 Å². The van der Waals surface area contributed by atoms with Crippen LogP contribution >= 0.6 is 15.6 Å². The second-order valence-corrected chi connectivity index (χ2v) is 33.3. The summed E-state index contributed by atoms with van der Waals surface area (Å²) in [7, 11) is -9.92. The van der Waals surface area contributed by atoms with Gasteiger partial charge < -0.3 is 33.8 Å². The van der Waals surface area contributed by atoms with E-state index in [-0.39, 0.29) is 25.7 Å². The number of phosphoric acid groups is 2. The van der Waals surface area contributed by atoms with Gasteiger partial charge in [-0.1, -0.05) is 394 Å². The number of ether oxygens (including phenoxy) is 4. The largest absolute Gasteiger partial charge is 0.472 e. The lowest BCUT2D eigenvalue weighted by atomic mass is 10.0. The molecule has 0 saturated carbocycles. The molecule has 0 aromatic heterocycles. The lowest BCUT2D eigenvalue weighted by molar-refractivity contribution is -0.161. The van der Waals surface area contributed by atoms with Crippen molar-refractivity contribution >= 4 is 39.5 Å². The van der Waals surface area contributed by atoms with Crippen molar-refractivity contribution < 1.29 is 80.2 Å². The second kappa shape index (κ2) is 75.9. The molecule has 0 aliphatic heterocycles. The number of rotatable bonds is 83. The minimum absolute atomic E-state index is 0.108. The summed E-state index contributed by atoms with van der Waals surface area (Å²) in [6.45, 7) is 7.35. The summed E-state index contributed by atoms with van der Waals surface area (Å²) in [5.41, 5.74) is 0. The normalized spacial score (nSPS) is 13.8. The van der Waals surface area contributed by atoms with Crippen LogP contribution in [0.25, 0.3) is 0 Å². The Morgan fingerprint density at radius 2 is 0.451 bits per heavy atom. The molecule has 0 fully saturated rings. The average Bonchev–Trinajstić information content (AvgIpc) is 0.926. The molecule has 2 unspecified atom stereocenters. The van der Waals surface area contributed by atoms with Crippen LogP contribution in [0.3, 0.4) is 0 Å². The van der Waals surface area contributed by atoms with Crippen LogP contribution < -0.4 is 0 Å². The van der Waals surface area contributed by atoms with Crippen LogP contribution in [0, 0.1) is 5.92 Å².